The van der Waals surface area contributed by atoms with Gasteiger partial charge in [-0.3, -0.25) is 9.78 Å². The van der Waals surface area contributed by atoms with E-state index in [2.05, 4.69) is 15.3 Å². The van der Waals surface area contributed by atoms with Gasteiger partial charge in [-0.05, 0) is 36.4 Å². The number of amides is 1. The fraction of sp³-hybridized carbons (Fsp3) is 0. The molecule has 0 aliphatic carbocycles. The number of carbonyl (C=O) groups excluding carboxylic acids is 1. The van der Waals surface area contributed by atoms with Crippen molar-refractivity contribution in [2.75, 3.05) is 5.32 Å². The highest BCUT2D eigenvalue weighted by Gasteiger charge is 2.10. The van der Waals surface area contributed by atoms with Gasteiger partial charge in [0.2, 0.25) is 5.89 Å². The monoisotopic (exact) mass is 315 g/mol. The standard InChI is InChI=1S/C19H13N3O2/c23-18(13-4-2-1-3-5-13)21-15-6-7-16-17(12-15)24-19(22-16)14-8-10-20-11-9-14/h1-12H,(H,21,23). The summed E-state index contributed by atoms with van der Waals surface area (Å²) in [5, 5.41) is 2.86. The number of aromatic nitrogens is 2. The molecule has 0 aliphatic rings. The number of nitrogens with one attached hydrogen (secondary N) is 1. The minimum absolute atomic E-state index is 0.163. The molecule has 4 rings (SSSR count). The van der Waals surface area contributed by atoms with E-state index < -0.39 is 0 Å². The number of rotatable bonds is 3. The second-order valence-corrected chi connectivity index (χ2v) is 5.26. The summed E-state index contributed by atoms with van der Waals surface area (Å²) >= 11 is 0. The molecule has 0 atom stereocenters. The SMILES string of the molecule is O=C(Nc1ccc2nc(-c3ccncc3)oc2c1)c1ccccc1. The van der Waals surface area contributed by atoms with Crippen molar-refractivity contribution < 1.29 is 9.21 Å². The Balaban J connectivity index is 1.63. The maximum Gasteiger partial charge on any atom is 0.255 e. The molecule has 0 radical (unpaired) electrons. The van der Waals surface area contributed by atoms with E-state index in [4.69, 9.17) is 4.42 Å². The van der Waals surface area contributed by atoms with Crippen LogP contribution in [0.1, 0.15) is 10.4 Å². The predicted molar refractivity (Wildman–Crippen MR) is 91.6 cm³/mol. The molecule has 0 bridgehead atoms. The first-order valence-corrected chi connectivity index (χ1v) is 7.47. The first kappa shape index (κ1) is 14.1. The highest BCUT2D eigenvalue weighted by Crippen LogP contribution is 2.26. The number of nitrogens with zero attached hydrogens (tertiary/aromatic N) is 2. The number of carbonyl (C=O) groups is 1. The summed E-state index contributed by atoms with van der Waals surface area (Å²) in [7, 11) is 0. The Morgan fingerprint density at radius 2 is 1.75 bits per heavy atom. The maximum atomic E-state index is 12.2. The molecule has 1 N–H and O–H groups in total. The highest BCUT2D eigenvalue weighted by molar-refractivity contribution is 6.04. The number of anilines is 1. The molecule has 1 amide bonds. The lowest BCUT2D eigenvalue weighted by molar-refractivity contribution is 0.102. The summed E-state index contributed by atoms with van der Waals surface area (Å²) < 4.78 is 5.79. The Hall–Kier alpha value is -3.47. The molecule has 5 heteroatoms. The maximum absolute atomic E-state index is 12.2. The fourth-order valence-corrected chi connectivity index (χ4v) is 2.41. The molecule has 0 unspecified atom stereocenters. The number of hydrogen-bond donors (Lipinski definition) is 1. The Kier molecular flexibility index (Phi) is 3.51. The van der Waals surface area contributed by atoms with Gasteiger partial charge in [0.1, 0.15) is 5.52 Å². The third kappa shape index (κ3) is 2.75. The van der Waals surface area contributed by atoms with E-state index in [0.717, 1.165) is 11.1 Å². The van der Waals surface area contributed by atoms with E-state index in [1.54, 1.807) is 30.6 Å². The van der Waals surface area contributed by atoms with Gasteiger partial charge in [0.25, 0.3) is 5.91 Å². The van der Waals surface area contributed by atoms with Gasteiger partial charge in [-0.15, -0.1) is 0 Å². The summed E-state index contributed by atoms with van der Waals surface area (Å²) in [5.41, 5.74) is 3.48. The number of pyridine rings is 1. The third-order valence-electron chi connectivity index (χ3n) is 3.61. The zero-order chi connectivity index (χ0) is 16.4. The van der Waals surface area contributed by atoms with E-state index in [1.807, 2.05) is 42.5 Å². The summed E-state index contributed by atoms with van der Waals surface area (Å²) in [4.78, 5) is 20.7. The lowest BCUT2D eigenvalue weighted by Crippen LogP contribution is -2.11. The van der Waals surface area contributed by atoms with Gasteiger partial charge in [0.05, 0.1) is 0 Å². The molecule has 2 heterocycles. The van der Waals surface area contributed by atoms with Crippen molar-refractivity contribution in [1.82, 2.24) is 9.97 Å². The van der Waals surface area contributed by atoms with Crippen LogP contribution in [0.3, 0.4) is 0 Å². The van der Waals surface area contributed by atoms with Crippen LogP contribution in [0.15, 0.2) is 77.5 Å². The lowest BCUT2D eigenvalue weighted by atomic mass is 10.2. The van der Waals surface area contributed by atoms with Gasteiger partial charge in [-0.25, -0.2) is 4.98 Å². The van der Waals surface area contributed by atoms with Gasteiger partial charge >= 0.3 is 0 Å². The van der Waals surface area contributed by atoms with Gasteiger partial charge in [0, 0.05) is 35.3 Å². The summed E-state index contributed by atoms with van der Waals surface area (Å²) in [5.74, 6) is 0.364. The topological polar surface area (TPSA) is 68.0 Å². The second kappa shape index (κ2) is 5.96. The van der Waals surface area contributed by atoms with Crippen molar-refractivity contribution in [3.8, 4) is 11.5 Å². The van der Waals surface area contributed by atoms with Crippen LogP contribution in [0, 0.1) is 0 Å². The van der Waals surface area contributed by atoms with Crippen molar-refractivity contribution >= 4 is 22.7 Å². The normalized spacial score (nSPS) is 10.7. The van der Waals surface area contributed by atoms with Gasteiger partial charge in [0.15, 0.2) is 5.58 Å². The van der Waals surface area contributed by atoms with E-state index in [-0.39, 0.29) is 5.91 Å². The molecule has 0 aliphatic heterocycles. The first-order chi connectivity index (χ1) is 11.8. The number of benzene rings is 2. The van der Waals surface area contributed by atoms with E-state index >= 15 is 0 Å². The van der Waals surface area contributed by atoms with E-state index in [1.165, 1.54) is 0 Å². The van der Waals surface area contributed by atoms with Crippen LogP contribution in [-0.4, -0.2) is 15.9 Å². The molecule has 0 saturated heterocycles. The molecule has 4 aromatic rings. The van der Waals surface area contributed by atoms with Crippen LogP contribution in [0.5, 0.6) is 0 Å². The molecule has 0 saturated carbocycles. The second-order valence-electron chi connectivity index (χ2n) is 5.26. The van der Waals surface area contributed by atoms with Crippen LogP contribution >= 0.6 is 0 Å². The van der Waals surface area contributed by atoms with Crippen molar-refractivity contribution in [2.24, 2.45) is 0 Å². The Morgan fingerprint density at radius 3 is 2.54 bits per heavy atom. The summed E-state index contributed by atoms with van der Waals surface area (Å²) in [6.45, 7) is 0. The van der Waals surface area contributed by atoms with E-state index in [9.17, 15) is 4.79 Å². The highest BCUT2D eigenvalue weighted by atomic mass is 16.3. The molecule has 0 fully saturated rings. The molecular weight excluding hydrogens is 302 g/mol. The van der Waals surface area contributed by atoms with E-state index in [0.29, 0.717) is 22.7 Å². The van der Waals surface area contributed by atoms with Gasteiger partial charge in [-0.1, -0.05) is 18.2 Å². The molecule has 2 aromatic heterocycles. The minimum atomic E-state index is -0.163. The summed E-state index contributed by atoms with van der Waals surface area (Å²) in [6, 6.07) is 18.1. The van der Waals surface area contributed by atoms with Crippen molar-refractivity contribution in [1.29, 1.82) is 0 Å². The van der Waals surface area contributed by atoms with Crippen molar-refractivity contribution in [3.05, 3.63) is 78.6 Å². The quantitative estimate of drug-likeness (QED) is 0.617. The van der Waals surface area contributed by atoms with Gasteiger partial charge < -0.3 is 9.73 Å². The third-order valence-corrected chi connectivity index (χ3v) is 3.61. The van der Waals surface area contributed by atoms with Crippen molar-refractivity contribution in [2.45, 2.75) is 0 Å². The Morgan fingerprint density at radius 1 is 0.958 bits per heavy atom. The molecule has 2 aromatic carbocycles. The molecule has 116 valence electrons. The lowest BCUT2D eigenvalue weighted by Gasteiger charge is -2.04. The number of hydrogen-bond acceptors (Lipinski definition) is 4. The molecule has 24 heavy (non-hydrogen) atoms. The van der Waals surface area contributed by atoms with Crippen LogP contribution in [0.4, 0.5) is 5.69 Å². The number of fused-ring (bicyclic) bond motifs is 1. The molecular formula is C19H13N3O2. The smallest absolute Gasteiger partial charge is 0.255 e. The molecule has 0 spiro atoms. The van der Waals surface area contributed by atoms with Crippen LogP contribution in [0.2, 0.25) is 0 Å². The Labute approximate surface area is 138 Å². The summed E-state index contributed by atoms with van der Waals surface area (Å²) in [6.07, 6.45) is 3.38. The number of oxazole rings is 1. The largest absolute Gasteiger partial charge is 0.436 e. The zero-order valence-electron chi connectivity index (χ0n) is 12.6. The molecule has 5 nitrogen and oxygen atoms in total. The van der Waals surface area contributed by atoms with Crippen LogP contribution in [-0.2, 0) is 0 Å². The zero-order valence-corrected chi connectivity index (χ0v) is 12.6. The first-order valence-electron chi connectivity index (χ1n) is 7.47. The van der Waals surface area contributed by atoms with Crippen molar-refractivity contribution in [3.63, 3.8) is 0 Å². The van der Waals surface area contributed by atoms with Crippen LogP contribution < -0.4 is 5.32 Å². The predicted octanol–water partition coefficient (Wildman–Crippen LogP) is 4.14. The average Bonchev–Trinajstić information content (AvgIpc) is 3.06. The Bertz CT molecular complexity index is 995. The average molecular weight is 315 g/mol. The van der Waals surface area contributed by atoms with Gasteiger partial charge in [-0.2, -0.15) is 0 Å². The van der Waals surface area contributed by atoms with Crippen LogP contribution in [0.25, 0.3) is 22.6 Å². The fourth-order valence-electron chi connectivity index (χ4n) is 2.41. The minimum Gasteiger partial charge on any atom is -0.436 e.